The van der Waals surface area contributed by atoms with E-state index < -0.39 is 35.1 Å². The molecule has 0 radical (unpaired) electrons. The number of hydrogen-bond donors (Lipinski definition) is 1. The molecule has 8 heteroatoms. The zero-order valence-electron chi connectivity index (χ0n) is 12.2. The molecule has 0 aromatic heterocycles. The van der Waals surface area contributed by atoms with Gasteiger partial charge in [-0.2, -0.15) is 26.3 Å². The fourth-order valence-electron chi connectivity index (χ4n) is 2.02. The summed E-state index contributed by atoms with van der Waals surface area (Å²) in [5.41, 5.74) is -2.71. The van der Waals surface area contributed by atoms with E-state index in [1.165, 1.54) is 12.1 Å². The molecular weight excluding hydrogens is 336 g/mol. The molecule has 0 saturated heterocycles. The number of amides is 1. The molecule has 2 nitrogen and oxygen atoms in total. The van der Waals surface area contributed by atoms with Gasteiger partial charge in [-0.25, -0.2) is 0 Å². The summed E-state index contributed by atoms with van der Waals surface area (Å²) in [6.07, 6.45) is -9.94. The summed E-state index contributed by atoms with van der Waals surface area (Å²) in [6, 6.07) is 7.04. The van der Waals surface area contributed by atoms with Crippen molar-refractivity contribution in [2.24, 2.45) is 0 Å². The van der Waals surface area contributed by atoms with E-state index in [1.807, 2.05) is 0 Å². The first kappa shape index (κ1) is 17.8. The molecule has 2 aromatic carbocycles. The molecule has 0 aliphatic carbocycles. The summed E-state index contributed by atoms with van der Waals surface area (Å²) in [5.74, 6) is -0.800. The van der Waals surface area contributed by atoms with Gasteiger partial charge in [0.25, 0.3) is 5.91 Å². The average Bonchev–Trinajstić information content (AvgIpc) is 2.45. The van der Waals surface area contributed by atoms with Crippen molar-refractivity contribution in [3.8, 4) is 0 Å². The van der Waals surface area contributed by atoms with Crippen molar-refractivity contribution in [2.75, 3.05) is 5.32 Å². The molecule has 0 fully saturated rings. The number of nitrogens with one attached hydrogen (secondary N) is 1. The van der Waals surface area contributed by atoms with Gasteiger partial charge in [0.1, 0.15) is 0 Å². The Balaban J connectivity index is 2.40. The van der Waals surface area contributed by atoms with Crippen LogP contribution < -0.4 is 5.32 Å². The Hall–Kier alpha value is -2.51. The van der Waals surface area contributed by atoms with Crippen molar-refractivity contribution in [3.63, 3.8) is 0 Å². The van der Waals surface area contributed by atoms with Crippen molar-refractivity contribution in [3.05, 3.63) is 64.7 Å². The van der Waals surface area contributed by atoms with Crippen molar-refractivity contribution in [1.82, 2.24) is 0 Å². The summed E-state index contributed by atoms with van der Waals surface area (Å²) in [4.78, 5) is 12.0. The molecule has 0 spiro atoms. The summed E-state index contributed by atoms with van der Waals surface area (Å²) in [6.45, 7) is 1.70. The Morgan fingerprint density at radius 3 is 1.88 bits per heavy atom. The number of alkyl halides is 6. The second-order valence-electron chi connectivity index (χ2n) is 5.12. The third-order valence-corrected chi connectivity index (χ3v) is 3.13. The Morgan fingerprint density at radius 2 is 1.42 bits per heavy atom. The predicted octanol–water partition coefficient (Wildman–Crippen LogP) is 5.28. The molecule has 0 aliphatic heterocycles. The zero-order chi connectivity index (χ0) is 18.1. The Kier molecular flexibility index (Phi) is 4.59. The average molecular weight is 347 g/mol. The number of benzene rings is 2. The van der Waals surface area contributed by atoms with Gasteiger partial charge in [0.2, 0.25) is 0 Å². The zero-order valence-corrected chi connectivity index (χ0v) is 12.2. The van der Waals surface area contributed by atoms with Gasteiger partial charge in [-0.05, 0) is 37.3 Å². The van der Waals surface area contributed by atoms with Crippen LogP contribution in [0, 0.1) is 6.92 Å². The fraction of sp³-hybridized carbons (Fsp3) is 0.188. The van der Waals surface area contributed by atoms with Crippen molar-refractivity contribution in [1.29, 1.82) is 0 Å². The Labute approximate surface area is 133 Å². The minimum Gasteiger partial charge on any atom is -0.322 e. The minimum atomic E-state index is -4.97. The number of aryl methyl sites for hydroxylation is 1. The summed E-state index contributed by atoms with van der Waals surface area (Å²) < 4.78 is 76.6. The van der Waals surface area contributed by atoms with Gasteiger partial charge in [0.15, 0.2) is 0 Å². The lowest BCUT2D eigenvalue weighted by atomic mass is 10.1. The van der Waals surface area contributed by atoms with E-state index in [1.54, 1.807) is 19.1 Å². The van der Waals surface area contributed by atoms with Crippen LogP contribution in [-0.4, -0.2) is 5.91 Å². The largest absolute Gasteiger partial charge is 0.416 e. The molecule has 0 bridgehead atoms. The van der Waals surface area contributed by atoms with Crippen LogP contribution in [0.5, 0.6) is 0 Å². The van der Waals surface area contributed by atoms with E-state index in [0.29, 0.717) is 12.1 Å². The van der Waals surface area contributed by atoms with Gasteiger partial charge in [-0.3, -0.25) is 4.79 Å². The first-order valence-electron chi connectivity index (χ1n) is 6.64. The van der Waals surface area contributed by atoms with Crippen LogP contribution in [0.3, 0.4) is 0 Å². The van der Waals surface area contributed by atoms with E-state index in [2.05, 4.69) is 5.32 Å². The highest BCUT2D eigenvalue weighted by Gasteiger charge is 2.37. The third kappa shape index (κ3) is 4.27. The summed E-state index contributed by atoms with van der Waals surface area (Å²) >= 11 is 0. The molecule has 2 rings (SSSR count). The van der Waals surface area contributed by atoms with Gasteiger partial charge in [0.05, 0.1) is 11.1 Å². The number of carbonyl (C=O) groups is 1. The molecule has 0 aliphatic rings. The topological polar surface area (TPSA) is 29.1 Å². The van der Waals surface area contributed by atoms with Crippen LogP contribution >= 0.6 is 0 Å². The highest BCUT2D eigenvalue weighted by atomic mass is 19.4. The first-order valence-corrected chi connectivity index (χ1v) is 6.64. The smallest absolute Gasteiger partial charge is 0.322 e. The molecular formula is C16H11F6NO. The molecule has 128 valence electrons. The van der Waals surface area contributed by atoms with Crippen molar-refractivity contribution < 1.29 is 31.1 Å². The maximum atomic E-state index is 12.8. The number of rotatable bonds is 2. The highest BCUT2D eigenvalue weighted by molar-refractivity contribution is 6.04. The minimum absolute atomic E-state index is 0.00230. The normalized spacial score (nSPS) is 12.1. The maximum Gasteiger partial charge on any atom is 0.416 e. The van der Waals surface area contributed by atoms with Gasteiger partial charge in [0, 0.05) is 11.3 Å². The number of carbonyl (C=O) groups excluding carboxylic acids is 1. The Morgan fingerprint density at radius 1 is 0.875 bits per heavy atom. The van der Waals surface area contributed by atoms with Crippen LogP contribution in [0.1, 0.15) is 27.0 Å². The van der Waals surface area contributed by atoms with Gasteiger partial charge in [-0.15, -0.1) is 0 Å². The molecule has 0 heterocycles. The van der Waals surface area contributed by atoms with E-state index in [0.717, 1.165) is 5.56 Å². The molecule has 0 unspecified atom stereocenters. The van der Waals surface area contributed by atoms with Crippen LogP contribution in [0.15, 0.2) is 42.5 Å². The highest BCUT2D eigenvalue weighted by Crippen LogP contribution is 2.37. The van der Waals surface area contributed by atoms with Crippen LogP contribution in [-0.2, 0) is 12.4 Å². The van der Waals surface area contributed by atoms with E-state index in [-0.39, 0.29) is 11.6 Å². The molecule has 2 aromatic rings. The lowest BCUT2D eigenvalue weighted by Crippen LogP contribution is -2.16. The van der Waals surface area contributed by atoms with Crippen LogP contribution in [0.2, 0.25) is 0 Å². The van der Waals surface area contributed by atoms with Gasteiger partial charge >= 0.3 is 12.4 Å². The standard InChI is InChI=1S/C16H11F6NO/c1-9-3-2-4-10(5-9)14(24)23-13-7-11(15(17,18)19)6-12(8-13)16(20,21)22/h2-8H,1H3,(H,23,24). The lowest BCUT2D eigenvalue weighted by Gasteiger charge is -2.15. The van der Waals surface area contributed by atoms with Gasteiger partial charge < -0.3 is 5.32 Å². The number of halogens is 6. The number of hydrogen-bond acceptors (Lipinski definition) is 1. The molecule has 24 heavy (non-hydrogen) atoms. The number of anilines is 1. The predicted molar refractivity (Wildman–Crippen MR) is 75.6 cm³/mol. The monoisotopic (exact) mass is 347 g/mol. The van der Waals surface area contributed by atoms with E-state index in [9.17, 15) is 31.1 Å². The van der Waals surface area contributed by atoms with Crippen LogP contribution in [0.25, 0.3) is 0 Å². The first-order chi connectivity index (χ1) is 11.0. The Bertz CT molecular complexity index is 732. The van der Waals surface area contributed by atoms with E-state index >= 15 is 0 Å². The fourth-order valence-corrected chi connectivity index (χ4v) is 2.02. The third-order valence-electron chi connectivity index (χ3n) is 3.13. The molecule has 0 saturated carbocycles. The van der Waals surface area contributed by atoms with Crippen molar-refractivity contribution in [2.45, 2.75) is 19.3 Å². The van der Waals surface area contributed by atoms with Crippen molar-refractivity contribution >= 4 is 11.6 Å². The second-order valence-corrected chi connectivity index (χ2v) is 5.12. The SMILES string of the molecule is Cc1cccc(C(=O)Nc2cc(C(F)(F)F)cc(C(F)(F)F)c2)c1. The summed E-state index contributed by atoms with van der Waals surface area (Å²) in [7, 11) is 0. The van der Waals surface area contributed by atoms with Gasteiger partial charge in [-0.1, -0.05) is 17.7 Å². The van der Waals surface area contributed by atoms with Crippen LogP contribution in [0.4, 0.5) is 32.0 Å². The quantitative estimate of drug-likeness (QED) is 0.736. The lowest BCUT2D eigenvalue weighted by molar-refractivity contribution is -0.143. The van der Waals surface area contributed by atoms with E-state index in [4.69, 9.17) is 0 Å². The molecule has 0 atom stereocenters. The molecule has 1 N–H and O–H groups in total. The molecule has 1 amide bonds. The summed E-state index contributed by atoms with van der Waals surface area (Å²) in [5, 5.41) is 2.07. The second kappa shape index (κ2) is 6.18. The maximum absolute atomic E-state index is 12.8.